The van der Waals surface area contributed by atoms with Gasteiger partial charge in [-0.1, -0.05) is 11.8 Å². The van der Waals surface area contributed by atoms with E-state index in [9.17, 15) is 13.0 Å². The highest BCUT2D eigenvalue weighted by atomic mass is 32.3. The lowest BCUT2D eigenvalue weighted by Gasteiger charge is -1.98. The molecule has 9 heteroatoms. The first-order chi connectivity index (χ1) is 6.81. The Balaban J connectivity index is 0.000000288. The Hall–Kier alpha value is -0.220. The topological polar surface area (TPSA) is 83.2 Å². The third-order valence-electron chi connectivity index (χ3n) is 1.39. The molecule has 1 aromatic rings. The van der Waals surface area contributed by atoms with Crippen molar-refractivity contribution >= 4 is 33.7 Å². The van der Waals surface area contributed by atoms with Crippen LogP contribution in [0.4, 0.5) is 0 Å². The molecule has 6 nitrogen and oxygen atoms in total. The first-order valence-electron chi connectivity index (χ1n) is 3.69. The summed E-state index contributed by atoms with van der Waals surface area (Å²) >= 11 is 3.29. The Morgan fingerprint density at radius 2 is 2.07 bits per heavy atom. The van der Waals surface area contributed by atoms with Crippen molar-refractivity contribution in [2.24, 2.45) is 7.05 Å². The lowest BCUT2D eigenvalue weighted by Crippen LogP contribution is -2.31. The van der Waals surface area contributed by atoms with Crippen molar-refractivity contribution in [3.63, 3.8) is 0 Å². The van der Waals surface area contributed by atoms with Gasteiger partial charge in [0.05, 0.1) is 14.2 Å². The molecule has 0 spiro atoms. The molecule has 1 heterocycles. The van der Waals surface area contributed by atoms with E-state index in [4.69, 9.17) is 0 Å². The first-order valence-corrected chi connectivity index (χ1v) is 7.02. The van der Waals surface area contributed by atoms with Crippen molar-refractivity contribution in [2.45, 2.75) is 11.3 Å². The monoisotopic (exact) mass is 272 g/mol. The largest absolute Gasteiger partial charge is 0.726 e. The van der Waals surface area contributed by atoms with Crippen LogP contribution in [0.25, 0.3) is 0 Å². The van der Waals surface area contributed by atoms with Crippen molar-refractivity contribution in [2.75, 3.05) is 13.4 Å². The van der Waals surface area contributed by atoms with Crippen molar-refractivity contribution in [1.29, 1.82) is 0 Å². The Labute approximate surface area is 97.4 Å². The Bertz CT molecular complexity index is 401. The molecule has 0 saturated heterocycles. The second kappa shape index (κ2) is 6.38. The Morgan fingerprint density at radius 3 is 2.20 bits per heavy atom. The molecule has 1 rings (SSSR count). The van der Waals surface area contributed by atoms with Crippen LogP contribution in [0.2, 0.25) is 0 Å². The van der Waals surface area contributed by atoms with Crippen LogP contribution in [-0.2, 0) is 21.6 Å². The molecule has 0 radical (unpaired) electrons. The van der Waals surface area contributed by atoms with Crippen molar-refractivity contribution in [1.82, 2.24) is 4.37 Å². The molecule has 0 fully saturated rings. The normalized spacial score (nSPS) is 10.7. The van der Waals surface area contributed by atoms with Gasteiger partial charge in [-0.15, -0.1) is 0 Å². The highest BCUT2D eigenvalue weighted by Gasteiger charge is 2.11. The molecular weight excluding hydrogens is 260 g/mol. The van der Waals surface area contributed by atoms with Crippen LogP contribution in [-0.4, -0.2) is 30.7 Å². The standard InChI is InChI=1S/C5H9N2S2.CH4O4S/c1-4-6-9-5(8-3)7(4)2;1-5-6(2,3)4/h1-3H3;1H3,(H,2,3,4)/q+1;/p-1. The van der Waals surface area contributed by atoms with Gasteiger partial charge in [-0.25, -0.2) is 13.0 Å². The summed E-state index contributed by atoms with van der Waals surface area (Å²) < 4.78 is 38.5. The van der Waals surface area contributed by atoms with Crippen LogP contribution in [0.5, 0.6) is 0 Å². The molecule has 0 saturated carbocycles. The zero-order valence-corrected chi connectivity index (χ0v) is 11.2. The molecule has 15 heavy (non-hydrogen) atoms. The predicted molar refractivity (Wildman–Crippen MR) is 56.5 cm³/mol. The van der Waals surface area contributed by atoms with Crippen molar-refractivity contribution in [3.8, 4) is 0 Å². The zero-order chi connectivity index (χ0) is 12.1. The maximum absolute atomic E-state index is 9.22. The number of aryl methyl sites for hydroxylation is 1. The van der Waals surface area contributed by atoms with Gasteiger partial charge >= 0.3 is 5.82 Å². The van der Waals surface area contributed by atoms with E-state index in [0.29, 0.717) is 0 Å². The highest BCUT2D eigenvalue weighted by molar-refractivity contribution is 8.00. The maximum Gasteiger partial charge on any atom is 0.311 e. The summed E-state index contributed by atoms with van der Waals surface area (Å²) in [4.78, 5) is 0. The van der Waals surface area contributed by atoms with Gasteiger partial charge < -0.3 is 4.55 Å². The fourth-order valence-corrected chi connectivity index (χ4v) is 1.94. The van der Waals surface area contributed by atoms with Gasteiger partial charge in [-0.2, -0.15) is 0 Å². The molecule has 1 aromatic heterocycles. The van der Waals surface area contributed by atoms with E-state index < -0.39 is 10.4 Å². The lowest BCUT2D eigenvalue weighted by atomic mass is 10.7. The quantitative estimate of drug-likeness (QED) is 0.328. The highest BCUT2D eigenvalue weighted by Crippen LogP contribution is 2.13. The average Bonchev–Trinajstić information content (AvgIpc) is 2.47. The molecule has 0 aliphatic heterocycles. The second-order valence-electron chi connectivity index (χ2n) is 2.33. The smallest absolute Gasteiger partial charge is 0.311 e. The summed E-state index contributed by atoms with van der Waals surface area (Å²) in [5.74, 6) is 1.09. The molecule has 0 aromatic carbocycles. The van der Waals surface area contributed by atoms with Crippen LogP contribution < -0.4 is 4.57 Å². The van der Waals surface area contributed by atoms with E-state index in [-0.39, 0.29) is 0 Å². The van der Waals surface area contributed by atoms with E-state index in [1.807, 2.05) is 14.0 Å². The number of nitrogens with zero attached hydrogens (tertiary/aromatic N) is 2. The Kier molecular flexibility index (Phi) is 6.29. The molecule has 0 bridgehead atoms. The van der Waals surface area contributed by atoms with Gasteiger partial charge in [-0.05, 0) is 6.26 Å². The van der Waals surface area contributed by atoms with E-state index >= 15 is 0 Å². The van der Waals surface area contributed by atoms with E-state index in [1.54, 1.807) is 23.3 Å². The molecule has 0 atom stereocenters. The van der Waals surface area contributed by atoms with Gasteiger partial charge in [0.25, 0.3) is 4.34 Å². The van der Waals surface area contributed by atoms with Crippen molar-refractivity contribution in [3.05, 3.63) is 5.82 Å². The van der Waals surface area contributed by atoms with Gasteiger partial charge in [0.15, 0.2) is 0 Å². The van der Waals surface area contributed by atoms with Crippen LogP contribution in [0.15, 0.2) is 4.34 Å². The minimum Gasteiger partial charge on any atom is -0.726 e. The van der Waals surface area contributed by atoms with Crippen molar-refractivity contribution < 1.29 is 21.7 Å². The fraction of sp³-hybridized carbons (Fsp3) is 0.667. The average molecular weight is 272 g/mol. The molecule has 0 aliphatic carbocycles. The van der Waals surface area contributed by atoms with E-state index in [0.717, 1.165) is 12.9 Å². The van der Waals surface area contributed by atoms with Crippen LogP contribution in [0.3, 0.4) is 0 Å². The molecule has 0 aliphatic rings. The predicted octanol–water partition coefficient (Wildman–Crippen LogP) is 0.0909. The summed E-state index contributed by atoms with van der Waals surface area (Å²) in [5.41, 5.74) is 0. The molecule has 0 amide bonds. The summed E-state index contributed by atoms with van der Waals surface area (Å²) in [6.45, 7) is 2.01. The van der Waals surface area contributed by atoms with Crippen LogP contribution >= 0.6 is 23.3 Å². The lowest BCUT2D eigenvalue weighted by molar-refractivity contribution is -0.709. The van der Waals surface area contributed by atoms with Gasteiger partial charge in [-0.3, -0.25) is 4.18 Å². The van der Waals surface area contributed by atoms with Gasteiger partial charge in [0.1, 0.15) is 11.5 Å². The third kappa shape index (κ3) is 6.05. The molecule has 88 valence electrons. The SMILES string of the molecule is COS(=O)(=O)[O-].CSc1snc(C)[n+]1C. The first kappa shape index (κ1) is 14.8. The number of hydrogen-bond acceptors (Lipinski definition) is 7. The maximum atomic E-state index is 9.22. The number of thioether (sulfide) groups is 1. The minimum atomic E-state index is -4.41. The molecule has 0 unspecified atom stereocenters. The summed E-state index contributed by atoms with van der Waals surface area (Å²) in [7, 11) is -1.57. The van der Waals surface area contributed by atoms with Gasteiger partial charge in [0.2, 0.25) is 10.4 Å². The third-order valence-corrected chi connectivity index (χ3v) is 3.93. The second-order valence-corrected chi connectivity index (χ2v) is 5.29. The molecular formula is C6H12N2O4S3. The van der Waals surface area contributed by atoms with E-state index in [2.05, 4.69) is 19.4 Å². The summed E-state index contributed by atoms with van der Waals surface area (Å²) in [6.07, 6.45) is 2.06. The van der Waals surface area contributed by atoms with Gasteiger partial charge in [0, 0.05) is 11.3 Å². The minimum absolute atomic E-state index is 0.808. The number of hydrogen-bond donors (Lipinski definition) is 0. The van der Waals surface area contributed by atoms with Crippen LogP contribution in [0, 0.1) is 6.92 Å². The number of aromatic nitrogens is 2. The Morgan fingerprint density at radius 1 is 1.60 bits per heavy atom. The number of rotatable bonds is 2. The fourth-order valence-electron chi connectivity index (χ4n) is 0.534. The summed E-state index contributed by atoms with van der Waals surface area (Å²) in [6, 6.07) is 0. The van der Waals surface area contributed by atoms with Crippen LogP contribution in [0.1, 0.15) is 5.82 Å². The zero-order valence-electron chi connectivity index (χ0n) is 8.75. The summed E-state index contributed by atoms with van der Waals surface area (Å²) in [5, 5.41) is 0. The molecule has 0 N–H and O–H groups in total. The van der Waals surface area contributed by atoms with E-state index in [1.165, 1.54) is 4.34 Å².